The van der Waals surface area contributed by atoms with Crippen molar-refractivity contribution in [2.24, 2.45) is 0 Å². The number of hydrogen-bond acceptors (Lipinski definition) is 2. The van der Waals surface area contributed by atoms with Gasteiger partial charge in [0.05, 0.1) is 5.69 Å². The number of aryl methyl sites for hydroxylation is 1. The van der Waals surface area contributed by atoms with Crippen molar-refractivity contribution < 1.29 is 0 Å². The maximum Gasteiger partial charge on any atom is 0.124 e. The van der Waals surface area contributed by atoms with Gasteiger partial charge < -0.3 is 0 Å². The minimum absolute atomic E-state index is 0.672. The Morgan fingerprint density at radius 2 is 1.71 bits per heavy atom. The van der Waals surface area contributed by atoms with Crippen LogP contribution in [0.5, 0.6) is 0 Å². The van der Waals surface area contributed by atoms with E-state index in [9.17, 15) is 0 Å². The van der Waals surface area contributed by atoms with Crippen molar-refractivity contribution in [3.63, 3.8) is 0 Å². The van der Waals surface area contributed by atoms with Crippen molar-refractivity contribution >= 4 is 11.3 Å². The number of nitrogens with zero attached hydrogens (tertiary/aromatic N) is 1. The zero-order valence-corrected chi connectivity index (χ0v) is 12.7. The summed E-state index contributed by atoms with van der Waals surface area (Å²) in [6, 6.07) is 18.7. The normalized spacial score (nSPS) is 10.3. The zero-order chi connectivity index (χ0) is 14.7. The minimum Gasteiger partial charge on any atom is -0.236 e. The second kappa shape index (κ2) is 5.95. The minimum atomic E-state index is 0.672. The monoisotopic (exact) mass is 289 g/mol. The standard InChI is InChI=1S/C19H15NS/c1-3-7-15-10-12-16(13-11-15)18-14(2)21-19(20-18)17-8-5-4-6-9-17/h1,4-6,8-13H,7H2,2H3. The van der Waals surface area contributed by atoms with Crippen LogP contribution in [0, 0.1) is 19.3 Å². The molecule has 0 amide bonds. The van der Waals surface area contributed by atoms with E-state index in [1.807, 2.05) is 18.2 Å². The molecule has 0 radical (unpaired) electrons. The average molecular weight is 289 g/mol. The molecule has 0 fully saturated rings. The molecule has 2 aromatic carbocycles. The number of hydrogen-bond donors (Lipinski definition) is 0. The fourth-order valence-electron chi connectivity index (χ4n) is 2.27. The molecule has 0 unspecified atom stereocenters. The van der Waals surface area contributed by atoms with Crippen LogP contribution in [-0.2, 0) is 6.42 Å². The fourth-order valence-corrected chi connectivity index (χ4v) is 3.21. The molecule has 0 aliphatic carbocycles. The van der Waals surface area contributed by atoms with Crippen molar-refractivity contribution in [3.05, 3.63) is 65.0 Å². The van der Waals surface area contributed by atoms with Crippen LogP contribution in [0.3, 0.4) is 0 Å². The molecule has 3 rings (SSSR count). The first kappa shape index (κ1) is 13.6. The molecule has 0 saturated heterocycles. The maximum atomic E-state index is 5.34. The van der Waals surface area contributed by atoms with E-state index in [0.717, 1.165) is 21.8 Å². The molecule has 1 heterocycles. The van der Waals surface area contributed by atoms with Gasteiger partial charge in [0, 0.05) is 22.4 Å². The second-order valence-electron chi connectivity index (χ2n) is 4.87. The van der Waals surface area contributed by atoms with E-state index in [1.54, 1.807) is 11.3 Å². The lowest BCUT2D eigenvalue weighted by molar-refractivity contribution is 1.31. The first-order valence-corrected chi connectivity index (χ1v) is 7.65. The van der Waals surface area contributed by atoms with Gasteiger partial charge in [-0.2, -0.15) is 0 Å². The van der Waals surface area contributed by atoms with Gasteiger partial charge in [-0.25, -0.2) is 4.98 Å². The first-order valence-electron chi connectivity index (χ1n) is 6.83. The van der Waals surface area contributed by atoms with Gasteiger partial charge in [0.1, 0.15) is 5.01 Å². The van der Waals surface area contributed by atoms with E-state index in [-0.39, 0.29) is 0 Å². The molecule has 0 aliphatic heterocycles. The molecule has 0 bridgehead atoms. The highest BCUT2D eigenvalue weighted by molar-refractivity contribution is 7.15. The Kier molecular flexibility index (Phi) is 3.85. The highest BCUT2D eigenvalue weighted by Crippen LogP contribution is 2.33. The number of terminal acetylenes is 1. The zero-order valence-electron chi connectivity index (χ0n) is 11.8. The highest BCUT2D eigenvalue weighted by atomic mass is 32.1. The lowest BCUT2D eigenvalue weighted by Crippen LogP contribution is -1.84. The lowest BCUT2D eigenvalue weighted by atomic mass is 10.1. The van der Waals surface area contributed by atoms with Gasteiger partial charge in [-0.05, 0) is 12.5 Å². The molecule has 3 aromatic rings. The molecule has 0 spiro atoms. The Bertz CT molecular complexity index is 777. The van der Waals surface area contributed by atoms with Crippen molar-refractivity contribution in [1.82, 2.24) is 4.98 Å². The third kappa shape index (κ3) is 2.89. The van der Waals surface area contributed by atoms with Crippen LogP contribution in [0.2, 0.25) is 0 Å². The van der Waals surface area contributed by atoms with Crippen LogP contribution in [0.25, 0.3) is 21.8 Å². The van der Waals surface area contributed by atoms with E-state index >= 15 is 0 Å². The molecular weight excluding hydrogens is 274 g/mol. The molecule has 0 atom stereocenters. The predicted molar refractivity (Wildman–Crippen MR) is 90.3 cm³/mol. The van der Waals surface area contributed by atoms with Gasteiger partial charge in [0.15, 0.2) is 0 Å². The number of aromatic nitrogens is 1. The molecule has 0 aliphatic rings. The average Bonchev–Trinajstić information content (AvgIpc) is 2.91. The lowest BCUT2D eigenvalue weighted by Gasteiger charge is -2.00. The van der Waals surface area contributed by atoms with Crippen LogP contribution >= 0.6 is 11.3 Å². The molecule has 1 aromatic heterocycles. The van der Waals surface area contributed by atoms with Gasteiger partial charge in [-0.15, -0.1) is 23.7 Å². The Hall–Kier alpha value is -2.37. The summed E-state index contributed by atoms with van der Waals surface area (Å²) in [5.74, 6) is 2.67. The SMILES string of the molecule is C#CCc1ccc(-c2nc(-c3ccccc3)sc2C)cc1. The number of rotatable bonds is 3. The summed E-state index contributed by atoms with van der Waals surface area (Å²) in [6.45, 7) is 2.12. The molecule has 21 heavy (non-hydrogen) atoms. The van der Waals surface area contributed by atoms with E-state index in [1.165, 1.54) is 10.4 Å². The van der Waals surface area contributed by atoms with E-state index in [4.69, 9.17) is 11.4 Å². The fraction of sp³-hybridized carbons (Fsp3) is 0.105. The Balaban J connectivity index is 1.96. The van der Waals surface area contributed by atoms with Gasteiger partial charge in [0.25, 0.3) is 0 Å². The van der Waals surface area contributed by atoms with Gasteiger partial charge in [-0.1, -0.05) is 54.6 Å². The molecule has 1 nitrogen and oxygen atoms in total. The van der Waals surface area contributed by atoms with E-state index < -0.39 is 0 Å². The van der Waals surface area contributed by atoms with Crippen molar-refractivity contribution in [3.8, 4) is 34.2 Å². The third-order valence-corrected chi connectivity index (χ3v) is 4.37. The summed E-state index contributed by atoms with van der Waals surface area (Å²) in [6.07, 6.45) is 6.01. The molecule has 0 saturated carbocycles. The third-order valence-electron chi connectivity index (χ3n) is 3.35. The van der Waals surface area contributed by atoms with Crippen molar-refractivity contribution in [2.45, 2.75) is 13.3 Å². The molecule has 0 N–H and O–H groups in total. The molecule has 2 heteroatoms. The van der Waals surface area contributed by atoms with Crippen LogP contribution in [0.1, 0.15) is 10.4 Å². The Morgan fingerprint density at radius 1 is 1.00 bits per heavy atom. The van der Waals surface area contributed by atoms with Crippen LogP contribution in [0.4, 0.5) is 0 Å². The second-order valence-corrected chi connectivity index (χ2v) is 6.07. The van der Waals surface area contributed by atoms with Crippen molar-refractivity contribution in [2.75, 3.05) is 0 Å². The Morgan fingerprint density at radius 3 is 2.38 bits per heavy atom. The molecular formula is C19H15NS. The van der Waals surface area contributed by atoms with Crippen molar-refractivity contribution in [1.29, 1.82) is 0 Å². The predicted octanol–water partition coefficient (Wildman–Crippen LogP) is 4.96. The van der Waals surface area contributed by atoms with E-state index in [0.29, 0.717) is 6.42 Å². The number of thiazole rings is 1. The van der Waals surface area contributed by atoms with Gasteiger partial charge in [-0.3, -0.25) is 0 Å². The summed E-state index contributed by atoms with van der Waals surface area (Å²) < 4.78 is 0. The number of benzene rings is 2. The first-order chi connectivity index (χ1) is 10.3. The Labute approximate surface area is 129 Å². The van der Waals surface area contributed by atoms with E-state index in [2.05, 4.69) is 49.2 Å². The highest BCUT2D eigenvalue weighted by Gasteiger charge is 2.10. The maximum absolute atomic E-state index is 5.34. The molecule has 102 valence electrons. The summed E-state index contributed by atoms with van der Waals surface area (Å²) >= 11 is 1.73. The summed E-state index contributed by atoms with van der Waals surface area (Å²) in [5.41, 5.74) is 4.54. The smallest absolute Gasteiger partial charge is 0.124 e. The van der Waals surface area contributed by atoms with Gasteiger partial charge >= 0.3 is 0 Å². The van der Waals surface area contributed by atoms with Crippen LogP contribution < -0.4 is 0 Å². The summed E-state index contributed by atoms with van der Waals surface area (Å²) in [4.78, 5) is 6.04. The van der Waals surface area contributed by atoms with Gasteiger partial charge in [0.2, 0.25) is 0 Å². The van der Waals surface area contributed by atoms with Crippen LogP contribution in [-0.4, -0.2) is 4.98 Å². The summed E-state index contributed by atoms with van der Waals surface area (Å²) in [7, 11) is 0. The topological polar surface area (TPSA) is 12.9 Å². The summed E-state index contributed by atoms with van der Waals surface area (Å²) in [5, 5.41) is 1.07. The largest absolute Gasteiger partial charge is 0.236 e. The van der Waals surface area contributed by atoms with Crippen LogP contribution in [0.15, 0.2) is 54.6 Å². The quantitative estimate of drug-likeness (QED) is 0.621.